The molecule has 0 unspecified atom stereocenters. The van der Waals surface area contributed by atoms with Gasteiger partial charge in [-0.3, -0.25) is 0 Å². The molecular weight excluding hydrogens is 430 g/mol. The predicted octanol–water partition coefficient (Wildman–Crippen LogP) is 2.39. The molecule has 33 heavy (non-hydrogen) atoms. The molecule has 184 valence electrons. The van der Waals surface area contributed by atoms with Crippen molar-refractivity contribution in [3.8, 4) is 0 Å². The molecule has 2 N–H and O–H groups in total. The number of hydrogen-bond acceptors (Lipinski definition) is 8. The maximum atomic E-state index is 12.1. The van der Waals surface area contributed by atoms with E-state index in [0.717, 1.165) is 16.7 Å². The molecule has 9 nitrogen and oxygen atoms in total. The number of nitrogens with one attached hydrogen (secondary N) is 1. The van der Waals surface area contributed by atoms with Crippen LogP contribution in [-0.2, 0) is 35.1 Å². The fraction of sp³-hybridized carbons (Fsp3) is 0.500. The molecule has 1 amide bonds. The van der Waals surface area contributed by atoms with Gasteiger partial charge in [0.1, 0.15) is 18.8 Å². The van der Waals surface area contributed by atoms with Crippen LogP contribution in [0.2, 0.25) is 0 Å². The van der Waals surface area contributed by atoms with Gasteiger partial charge in [-0.1, -0.05) is 54.6 Å². The number of aliphatic hydroxyl groups excluding tert-OH is 1. The van der Waals surface area contributed by atoms with Gasteiger partial charge in [0.25, 0.3) is 0 Å². The van der Waals surface area contributed by atoms with Gasteiger partial charge in [-0.05, 0) is 19.4 Å². The van der Waals surface area contributed by atoms with Gasteiger partial charge in [0.05, 0.1) is 40.1 Å². The second-order valence-electron chi connectivity index (χ2n) is 7.61. The fourth-order valence-corrected chi connectivity index (χ4v) is 2.56. The zero-order valence-corrected chi connectivity index (χ0v) is 19.6. The lowest BCUT2D eigenvalue weighted by molar-refractivity contribution is -0.146. The number of rotatable bonds is 16. The first kappa shape index (κ1) is 28.3. The highest BCUT2D eigenvalue weighted by Gasteiger charge is 2.26. The van der Waals surface area contributed by atoms with Crippen LogP contribution in [-0.4, -0.2) is 75.6 Å². The summed E-state index contributed by atoms with van der Waals surface area (Å²) in [6, 6.07) is 8.04. The van der Waals surface area contributed by atoms with Crippen molar-refractivity contribution in [1.29, 1.82) is 0 Å². The van der Waals surface area contributed by atoms with Crippen molar-refractivity contribution in [2.24, 2.45) is 0 Å². The number of alkyl carbamates (subject to hydrolysis) is 1. The lowest BCUT2D eigenvalue weighted by Crippen LogP contribution is -2.46. The van der Waals surface area contributed by atoms with E-state index in [9.17, 15) is 14.7 Å². The van der Waals surface area contributed by atoms with Gasteiger partial charge in [0, 0.05) is 0 Å². The summed E-state index contributed by atoms with van der Waals surface area (Å²) in [4.78, 5) is 24.2. The molecule has 0 saturated heterocycles. The van der Waals surface area contributed by atoms with Crippen molar-refractivity contribution in [3.63, 3.8) is 0 Å². The normalized spacial score (nSPS) is 13.5. The summed E-state index contributed by atoms with van der Waals surface area (Å²) in [5.41, 5.74) is 2.38. The Morgan fingerprint density at radius 2 is 1.61 bits per heavy atom. The number of esters is 1. The molecule has 3 atom stereocenters. The van der Waals surface area contributed by atoms with Crippen LogP contribution >= 0.6 is 0 Å². The maximum Gasteiger partial charge on any atom is 0.408 e. The van der Waals surface area contributed by atoms with Gasteiger partial charge in [-0.15, -0.1) is 0 Å². The van der Waals surface area contributed by atoms with Crippen molar-refractivity contribution < 1.29 is 38.4 Å². The summed E-state index contributed by atoms with van der Waals surface area (Å²) in [7, 11) is 1.21. The van der Waals surface area contributed by atoms with E-state index in [0.29, 0.717) is 0 Å². The van der Waals surface area contributed by atoms with Gasteiger partial charge in [0.15, 0.2) is 6.04 Å². The summed E-state index contributed by atoms with van der Waals surface area (Å²) in [6.45, 7) is 11.2. The Labute approximate surface area is 195 Å². The monoisotopic (exact) mass is 465 g/mol. The molecule has 0 spiro atoms. The largest absolute Gasteiger partial charge is 0.467 e. The number of carbonyl (C=O) groups is 2. The van der Waals surface area contributed by atoms with E-state index < -0.39 is 30.3 Å². The Morgan fingerprint density at radius 3 is 2.15 bits per heavy atom. The molecule has 0 aliphatic heterocycles. The minimum Gasteiger partial charge on any atom is -0.467 e. The topological polar surface area (TPSA) is 113 Å². The number of methoxy groups -OCH3 is 1. The molecule has 1 aromatic carbocycles. The van der Waals surface area contributed by atoms with E-state index in [2.05, 4.69) is 18.5 Å². The highest BCUT2D eigenvalue weighted by molar-refractivity contribution is 5.81. The minimum atomic E-state index is -1.09. The van der Waals surface area contributed by atoms with Gasteiger partial charge < -0.3 is 34.1 Å². The van der Waals surface area contributed by atoms with Gasteiger partial charge in [0.2, 0.25) is 0 Å². The van der Waals surface area contributed by atoms with E-state index in [1.807, 2.05) is 30.3 Å². The zero-order valence-electron chi connectivity index (χ0n) is 19.6. The highest BCUT2D eigenvalue weighted by Crippen LogP contribution is 2.09. The van der Waals surface area contributed by atoms with Crippen LogP contribution in [0.3, 0.4) is 0 Å². The van der Waals surface area contributed by atoms with Crippen LogP contribution in [0.15, 0.2) is 54.6 Å². The van der Waals surface area contributed by atoms with Crippen molar-refractivity contribution in [2.45, 2.75) is 38.7 Å². The maximum absolute atomic E-state index is 12.1. The van der Waals surface area contributed by atoms with Crippen LogP contribution in [0.5, 0.6) is 0 Å². The molecule has 0 saturated carbocycles. The second-order valence-corrected chi connectivity index (χ2v) is 7.61. The predicted molar refractivity (Wildman–Crippen MR) is 123 cm³/mol. The first-order valence-corrected chi connectivity index (χ1v) is 10.5. The molecule has 0 heterocycles. The average molecular weight is 466 g/mol. The summed E-state index contributed by atoms with van der Waals surface area (Å²) in [6.07, 6.45) is -2.11. The van der Waals surface area contributed by atoms with E-state index >= 15 is 0 Å². The minimum absolute atomic E-state index is 0.0110. The first-order chi connectivity index (χ1) is 15.8. The SMILES string of the molecule is C=C(C)CO[C@@H](CO)[C@H](COC[C@H](NC(=O)OCc1ccccc1)C(=O)OC)OCC(=C)C. The van der Waals surface area contributed by atoms with E-state index in [4.69, 9.17) is 23.7 Å². The Hall–Kier alpha value is -2.72. The van der Waals surface area contributed by atoms with Gasteiger partial charge in [-0.25, -0.2) is 9.59 Å². The van der Waals surface area contributed by atoms with Crippen LogP contribution in [0.1, 0.15) is 19.4 Å². The molecule has 0 bridgehead atoms. The van der Waals surface area contributed by atoms with Crippen molar-refractivity contribution >= 4 is 12.1 Å². The number of amides is 1. The van der Waals surface area contributed by atoms with Crippen molar-refractivity contribution in [3.05, 3.63) is 60.2 Å². The number of aliphatic hydroxyl groups is 1. The van der Waals surface area contributed by atoms with Crippen LogP contribution in [0.25, 0.3) is 0 Å². The zero-order chi connectivity index (χ0) is 24.6. The third-order valence-electron chi connectivity index (χ3n) is 4.24. The third-order valence-corrected chi connectivity index (χ3v) is 4.24. The molecule has 1 rings (SSSR count). The standard InChI is InChI=1S/C24H35NO8/c1-17(2)12-31-21(11-26)22(32-13-18(3)4)16-30-15-20(23(27)29-5)25-24(28)33-14-19-9-7-6-8-10-19/h6-10,20-22,26H,1,3,11-16H2,2,4-5H3,(H,25,28)/t20-,21-,22-/m0/s1. The molecule has 0 aromatic heterocycles. The Morgan fingerprint density at radius 1 is 1.00 bits per heavy atom. The summed E-state index contributed by atoms with van der Waals surface area (Å²) >= 11 is 0. The van der Waals surface area contributed by atoms with Crippen LogP contribution < -0.4 is 5.32 Å². The smallest absolute Gasteiger partial charge is 0.408 e. The van der Waals surface area contributed by atoms with E-state index in [1.165, 1.54) is 7.11 Å². The van der Waals surface area contributed by atoms with Gasteiger partial charge in [-0.2, -0.15) is 0 Å². The Kier molecular flexibility index (Phi) is 13.7. The lowest BCUT2D eigenvalue weighted by atomic mass is 10.2. The van der Waals surface area contributed by atoms with Crippen molar-refractivity contribution in [1.82, 2.24) is 5.32 Å². The van der Waals surface area contributed by atoms with Crippen molar-refractivity contribution in [2.75, 3.05) is 40.1 Å². The molecule has 1 aromatic rings. The average Bonchev–Trinajstić information content (AvgIpc) is 2.80. The molecular formula is C24H35NO8. The second kappa shape index (κ2) is 16.0. The Balaban J connectivity index is 2.65. The van der Waals surface area contributed by atoms with Crippen LogP contribution in [0, 0.1) is 0 Å². The first-order valence-electron chi connectivity index (χ1n) is 10.5. The summed E-state index contributed by atoms with van der Waals surface area (Å²) in [5.74, 6) is -0.691. The molecule has 9 heteroatoms. The van der Waals surface area contributed by atoms with Crippen LogP contribution in [0.4, 0.5) is 4.79 Å². The van der Waals surface area contributed by atoms with E-state index in [1.54, 1.807) is 13.8 Å². The summed E-state index contributed by atoms with van der Waals surface area (Å²) in [5, 5.41) is 12.2. The number of hydrogen-bond donors (Lipinski definition) is 2. The fourth-order valence-electron chi connectivity index (χ4n) is 2.56. The van der Waals surface area contributed by atoms with Gasteiger partial charge >= 0.3 is 12.1 Å². The lowest BCUT2D eigenvalue weighted by Gasteiger charge is -2.27. The molecule has 0 fully saturated rings. The number of carbonyl (C=O) groups excluding carboxylic acids is 2. The quantitative estimate of drug-likeness (QED) is 0.283. The third kappa shape index (κ3) is 12.2. The van der Waals surface area contributed by atoms with E-state index in [-0.39, 0.29) is 39.6 Å². The molecule has 0 radical (unpaired) electrons. The molecule has 0 aliphatic carbocycles. The number of ether oxygens (including phenoxy) is 5. The highest BCUT2D eigenvalue weighted by atomic mass is 16.6. The Bertz CT molecular complexity index is 752. The molecule has 0 aliphatic rings. The summed E-state index contributed by atoms with van der Waals surface area (Å²) < 4.78 is 26.9. The number of benzene rings is 1.